The van der Waals surface area contributed by atoms with Gasteiger partial charge in [-0.25, -0.2) is 0 Å². The third-order valence-electron chi connectivity index (χ3n) is 6.38. The summed E-state index contributed by atoms with van der Waals surface area (Å²) in [6.45, 7) is 3.76. The summed E-state index contributed by atoms with van der Waals surface area (Å²) < 4.78 is 5.29. The van der Waals surface area contributed by atoms with Gasteiger partial charge in [0.2, 0.25) is 32.9 Å². The molecule has 1 aliphatic rings. The molecule has 1 saturated heterocycles. The zero-order valence-corrected chi connectivity index (χ0v) is 19.9. The van der Waals surface area contributed by atoms with Gasteiger partial charge in [0.05, 0.1) is 0 Å². The standard InChI is InChI=1S/C20H26O12S/c1-8(21)15(28,9(2)22)19(13(6)26)17(30,11(4)24)16(29,10(3)23)18(31,12(5)25)20(33,32-19)14(7)27/h28-31,33H,1-7H3/t16-,17+,18+,19+,20-/m0/s1. The lowest BCUT2D eigenvalue weighted by Gasteiger charge is -2.66. The van der Waals surface area contributed by atoms with Gasteiger partial charge >= 0.3 is 0 Å². The largest absolute Gasteiger partial charge is 0.376 e. The molecular formula is C20H26O12S. The van der Waals surface area contributed by atoms with Gasteiger partial charge in [-0.1, -0.05) is 0 Å². The molecule has 0 bridgehead atoms. The Morgan fingerprint density at radius 3 is 1.15 bits per heavy atom. The lowest BCUT2D eigenvalue weighted by atomic mass is 9.49. The first kappa shape index (κ1) is 28.9. The first-order chi connectivity index (χ1) is 14.6. The highest BCUT2D eigenvalue weighted by Gasteiger charge is 2.92. The molecule has 0 unspecified atom stereocenters. The van der Waals surface area contributed by atoms with Gasteiger partial charge in [0, 0.05) is 0 Å². The summed E-state index contributed by atoms with van der Waals surface area (Å²) in [5.74, 6) is -11.6. The summed E-state index contributed by atoms with van der Waals surface area (Å²) in [5.41, 5.74) is -19.9. The van der Waals surface area contributed by atoms with Gasteiger partial charge in [0.25, 0.3) is 0 Å². The fraction of sp³-hybridized carbons (Fsp3) is 0.650. The van der Waals surface area contributed by atoms with Crippen molar-refractivity contribution in [2.24, 2.45) is 0 Å². The van der Waals surface area contributed by atoms with Crippen LogP contribution in [0.1, 0.15) is 48.5 Å². The Hall–Kier alpha value is -2.16. The predicted octanol–water partition coefficient (Wildman–Crippen LogP) is -2.57. The van der Waals surface area contributed by atoms with E-state index in [1.807, 2.05) is 0 Å². The second kappa shape index (κ2) is 7.96. The Labute approximate surface area is 193 Å². The quantitative estimate of drug-likeness (QED) is 0.176. The van der Waals surface area contributed by atoms with Crippen molar-refractivity contribution < 1.29 is 58.7 Å². The zero-order chi connectivity index (χ0) is 26.7. The molecule has 5 atom stereocenters. The molecule has 0 aromatic carbocycles. The van der Waals surface area contributed by atoms with E-state index in [2.05, 4.69) is 12.6 Å². The minimum absolute atomic E-state index is 0.468. The molecule has 1 heterocycles. The van der Waals surface area contributed by atoms with Crippen molar-refractivity contribution in [3.05, 3.63) is 0 Å². The topological polar surface area (TPSA) is 210 Å². The van der Waals surface area contributed by atoms with Gasteiger partial charge in [-0.05, 0) is 48.5 Å². The number of rotatable bonds is 8. The summed E-state index contributed by atoms with van der Waals surface area (Å²) in [7, 11) is 0. The number of hydrogen-bond donors (Lipinski definition) is 5. The number of ether oxygens (including phenoxy) is 1. The van der Waals surface area contributed by atoms with E-state index in [0.29, 0.717) is 48.5 Å². The Kier molecular flexibility index (Phi) is 6.96. The smallest absolute Gasteiger partial charge is 0.220 e. The van der Waals surface area contributed by atoms with Gasteiger partial charge in [-0.3, -0.25) is 33.6 Å². The molecule has 12 nitrogen and oxygen atoms in total. The summed E-state index contributed by atoms with van der Waals surface area (Å²) in [6, 6.07) is 0. The normalized spacial score (nSPS) is 36.6. The van der Waals surface area contributed by atoms with Crippen LogP contribution in [0.15, 0.2) is 0 Å². The molecule has 4 N–H and O–H groups in total. The molecule has 0 amide bonds. The molecule has 0 spiro atoms. The molecule has 184 valence electrons. The number of aliphatic hydroxyl groups is 4. The third-order valence-corrected chi connectivity index (χ3v) is 7.11. The number of ketones is 7. The SMILES string of the molecule is CC(=O)C(O)(C(C)=O)[C@@]1(C(C)=O)O[C@](S)(C(C)=O)[C@@](O)(C(C)=O)[C@](O)(C(C)=O)[C@]1(O)C(C)=O. The lowest BCUT2D eigenvalue weighted by Crippen LogP contribution is -2.97. The second-order valence-corrected chi connectivity index (χ2v) is 8.79. The van der Waals surface area contributed by atoms with Crippen LogP contribution in [0.5, 0.6) is 0 Å². The predicted molar refractivity (Wildman–Crippen MR) is 110 cm³/mol. The van der Waals surface area contributed by atoms with Gasteiger partial charge in [0.1, 0.15) is 0 Å². The highest BCUT2D eigenvalue weighted by Crippen LogP contribution is 2.60. The number of hydrogen-bond acceptors (Lipinski definition) is 13. The van der Waals surface area contributed by atoms with E-state index >= 15 is 0 Å². The molecule has 0 aliphatic carbocycles. The molecular weight excluding hydrogens is 464 g/mol. The Bertz CT molecular complexity index is 989. The summed E-state index contributed by atoms with van der Waals surface area (Å²) in [6.07, 6.45) is 0. The van der Waals surface area contributed by atoms with Crippen LogP contribution in [0.2, 0.25) is 0 Å². The maximum absolute atomic E-state index is 13.1. The molecule has 33 heavy (non-hydrogen) atoms. The minimum Gasteiger partial charge on any atom is -0.376 e. The number of Topliss-reactive ketones (excluding diaryl/α,β-unsaturated/α-hetero) is 7. The van der Waals surface area contributed by atoms with E-state index in [4.69, 9.17) is 4.74 Å². The summed E-state index contributed by atoms with van der Waals surface area (Å²) >= 11 is 3.83. The van der Waals surface area contributed by atoms with Gasteiger partial charge in [-0.15, -0.1) is 12.6 Å². The molecule has 13 heteroatoms. The van der Waals surface area contributed by atoms with Crippen molar-refractivity contribution in [3.63, 3.8) is 0 Å². The number of carbonyl (C=O) groups excluding carboxylic acids is 7. The molecule has 1 rings (SSSR count). The average Bonchev–Trinajstić information content (AvgIpc) is 2.66. The molecule has 1 aliphatic heterocycles. The maximum atomic E-state index is 13.1. The Morgan fingerprint density at radius 1 is 0.606 bits per heavy atom. The van der Waals surface area contributed by atoms with Gasteiger partial charge in [0.15, 0.2) is 40.5 Å². The van der Waals surface area contributed by atoms with Crippen molar-refractivity contribution in [2.75, 3.05) is 0 Å². The first-order valence-electron chi connectivity index (χ1n) is 9.46. The molecule has 1 fully saturated rings. The van der Waals surface area contributed by atoms with Crippen molar-refractivity contribution in [1.29, 1.82) is 0 Å². The van der Waals surface area contributed by atoms with Crippen LogP contribution in [0.4, 0.5) is 0 Å². The average molecular weight is 490 g/mol. The second-order valence-electron chi connectivity index (χ2n) is 8.16. The van der Waals surface area contributed by atoms with E-state index in [1.165, 1.54) is 0 Å². The van der Waals surface area contributed by atoms with Crippen LogP contribution in [0.3, 0.4) is 0 Å². The van der Waals surface area contributed by atoms with Crippen LogP contribution in [-0.2, 0) is 38.3 Å². The molecule has 0 aromatic heterocycles. The third kappa shape index (κ3) is 2.80. The van der Waals surface area contributed by atoms with Crippen LogP contribution < -0.4 is 0 Å². The molecule has 0 saturated carbocycles. The van der Waals surface area contributed by atoms with Crippen molar-refractivity contribution >= 4 is 53.1 Å². The van der Waals surface area contributed by atoms with Gasteiger partial charge < -0.3 is 25.2 Å². The summed E-state index contributed by atoms with van der Waals surface area (Å²) in [5, 5.41) is 45.8. The van der Waals surface area contributed by atoms with E-state index in [9.17, 15) is 54.0 Å². The fourth-order valence-corrected chi connectivity index (χ4v) is 5.08. The molecule has 0 radical (unpaired) electrons. The van der Waals surface area contributed by atoms with Gasteiger partial charge in [-0.2, -0.15) is 0 Å². The number of thiol groups is 1. The highest BCUT2D eigenvalue weighted by atomic mass is 32.1. The van der Waals surface area contributed by atoms with E-state index in [0.717, 1.165) is 0 Å². The fourth-order valence-electron chi connectivity index (χ4n) is 4.62. The van der Waals surface area contributed by atoms with Crippen LogP contribution in [0, 0.1) is 0 Å². The molecule has 0 aromatic rings. The van der Waals surface area contributed by atoms with Crippen molar-refractivity contribution in [2.45, 2.75) is 81.4 Å². The van der Waals surface area contributed by atoms with Crippen molar-refractivity contribution in [3.8, 4) is 0 Å². The van der Waals surface area contributed by atoms with E-state index < -0.39 is 73.4 Å². The zero-order valence-electron chi connectivity index (χ0n) is 19.0. The minimum atomic E-state index is -4.17. The number of carbonyl (C=O) groups is 7. The van der Waals surface area contributed by atoms with Crippen LogP contribution in [0.25, 0.3) is 0 Å². The first-order valence-corrected chi connectivity index (χ1v) is 9.90. The highest BCUT2D eigenvalue weighted by molar-refractivity contribution is 7.82. The monoisotopic (exact) mass is 490 g/mol. The summed E-state index contributed by atoms with van der Waals surface area (Å²) in [4.78, 5) is 85.7. The van der Waals surface area contributed by atoms with Crippen LogP contribution in [-0.4, -0.2) is 93.8 Å². The van der Waals surface area contributed by atoms with E-state index in [-0.39, 0.29) is 0 Å². The van der Waals surface area contributed by atoms with Crippen molar-refractivity contribution in [1.82, 2.24) is 0 Å². The maximum Gasteiger partial charge on any atom is 0.220 e. The Balaban J connectivity index is 4.77. The van der Waals surface area contributed by atoms with Crippen LogP contribution >= 0.6 is 12.6 Å². The Morgan fingerprint density at radius 2 is 0.939 bits per heavy atom. The van der Waals surface area contributed by atoms with E-state index in [1.54, 1.807) is 0 Å². The lowest BCUT2D eigenvalue weighted by molar-refractivity contribution is -0.359.